The number of aryl methyl sites for hydroxylation is 1. The van der Waals surface area contributed by atoms with Crippen LogP contribution in [0.2, 0.25) is 0 Å². The molecule has 0 radical (unpaired) electrons. The molecule has 4 nitrogen and oxygen atoms in total. The molecular weight excluding hydrogens is 254 g/mol. The molecule has 2 rings (SSSR count). The van der Waals surface area contributed by atoms with Gasteiger partial charge in [0, 0.05) is 13.0 Å². The van der Waals surface area contributed by atoms with E-state index in [0.29, 0.717) is 19.4 Å². The van der Waals surface area contributed by atoms with E-state index in [4.69, 9.17) is 5.11 Å². The Morgan fingerprint density at radius 3 is 2.85 bits per heavy atom. The van der Waals surface area contributed by atoms with Gasteiger partial charge in [-0.2, -0.15) is 0 Å². The molecule has 1 unspecified atom stereocenters. The highest BCUT2D eigenvalue weighted by Crippen LogP contribution is 2.31. The molecule has 0 heterocycles. The van der Waals surface area contributed by atoms with Gasteiger partial charge in [0.1, 0.15) is 0 Å². The van der Waals surface area contributed by atoms with Crippen LogP contribution in [-0.2, 0) is 16.0 Å². The normalized spacial score (nSPS) is 17.3. The minimum atomic E-state index is -0.780. The van der Waals surface area contributed by atoms with Crippen molar-refractivity contribution in [2.24, 2.45) is 0 Å². The van der Waals surface area contributed by atoms with Gasteiger partial charge in [-0.1, -0.05) is 24.3 Å². The van der Waals surface area contributed by atoms with E-state index in [1.807, 2.05) is 18.2 Å². The number of carbonyl (C=O) groups excluding carboxylic acids is 1. The SMILES string of the molecule is O=C(O)CCCCNC(=O)C1CCCc2ccccc21. The zero-order valence-electron chi connectivity index (χ0n) is 11.6. The summed E-state index contributed by atoms with van der Waals surface area (Å²) in [5, 5.41) is 11.5. The quantitative estimate of drug-likeness (QED) is 0.784. The molecule has 0 spiro atoms. The van der Waals surface area contributed by atoms with Crippen LogP contribution in [0.3, 0.4) is 0 Å². The minimum absolute atomic E-state index is 0.0422. The number of rotatable bonds is 6. The number of carboxylic acids is 1. The molecule has 1 aliphatic rings. The van der Waals surface area contributed by atoms with Gasteiger partial charge in [0.25, 0.3) is 0 Å². The van der Waals surface area contributed by atoms with Crippen molar-refractivity contribution in [1.82, 2.24) is 5.32 Å². The summed E-state index contributed by atoms with van der Waals surface area (Å²) in [7, 11) is 0. The van der Waals surface area contributed by atoms with Crippen molar-refractivity contribution >= 4 is 11.9 Å². The summed E-state index contributed by atoms with van der Waals surface area (Å²) >= 11 is 0. The first kappa shape index (κ1) is 14.6. The molecule has 1 atom stereocenters. The van der Waals surface area contributed by atoms with Gasteiger partial charge in [0.2, 0.25) is 5.91 Å². The summed E-state index contributed by atoms with van der Waals surface area (Å²) in [6.07, 6.45) is 4.50. The van der Waals surface area contributed by atoms with Crippen molar-refractivity contribution in [2.75, 3.05) is 6.54 Å². The van der Waals surface area contributed by atoms with Crippen LogP contribution >= 0.6 is 0 Å². The molecular formula is C16H21NO3. The Morgan fingerprint density at radius 1 is 1.25 bits per heavy atom. The second-order valence-electron chi connectivity index (χ2n) is 5.29. The average Bonchev–Trinajstić information content (AvgIpc) is 2.45. The lowest BCUT2D eigenvalue weighted by atomic mass is 9.82. The smallest absolute Gasteiger partial charge is 0.303 e. The van der Waals surface area contributed by atoms with E-state index < -0.39 is 5.97 Å². The van der Waals surface area contributed by atoms with E-state index in [-0.39, 0.29) is 18.2 Å². The second kappa shape index (κ2) is 7.08. The lowest BCUT2D eigenvalue weighted by Gasteiger charge is -2.24. The highest BCUT2D eigenvalue weighted by atomic mass is 16.4. The number of amides is 1. The summed E-state index contributed by atoms with van der Waals surface area (Å²) in [5.74, 6) is -0.746. The Hall–Kier alpha value is -1.84. The fraction of sp³-hybridized carbons (Fsp3) is 0.500. The molecule has 2 N–H and O–H groups in total. The molecule has 20 heavy (non-hydrogen) atoms. The van der Waals surface area contributed by atoms with Gasteiger partial charge < -0.3 is 10.4 Å². The number of hydrogen-bond donors (Lipinski definition) is 2. The highest BCUT2D eigenvalue weighted by molar-refractivity contribution is 5.84. The van der Waals surface area contributed by atoms with Gasteiger partial charge in [-0.05, 0) is 43.2 Å². The van der Waals surface area contributed by atoms with Crippen molar-refractivity contribution in [3.05, 3.63) is 35.4 Å². The van der Waals surface area contributed by atoms with Gasteiger partial charge in [0.05, 0.1) is 5.92 Å². The first-order valence-corrected chi connectivity index (χ1v) is 7.26. The molecule has 1 aromatic rings. The van der Waals surface area contributed by atoms with E-state index in [9.17, 15) is 9.59 Å². The molecule has 1 aliphatic carbocycles. The summed E-state index contributed by atoms with van der Waals surface area (Å²) in [4.78, 5) is 22.6. The summed E-state index contributed by atoms with van der Waals surface area (Å²) in [5.41, 5.74) is 2.44. The number of benzene rings is 1. The summed E-state index contributed by atoms with van der Waals surface area (Å²) in [6.45, 7) is 0.560. The molecule has 108 valence electrons. The van der Waals surface area contributed by atoms with Crippen molar-refractivity contribution in [2.45, 2.75) is 44.4 Å². The van der Waals surface area contributed by atoms with Crippen LogP contribution in [0.15, 0.2) is 24.3 Å². The number of aliphatic carboxylic acids is 1. The van der Waals surface area contributed by atoms with Crippen LogP contribution in [0, 0.1) is 0 Å². The number of fused-ring (bicyclic) bond motifs is 1. The van der Waals surface area contributed by atoms with Crippen molar-refractivity contribution in [3.63, 3.8) is 0 Å². The van der Waals surface area contributed by atoms with Crippen LogP contribution in [0.4, 0.5) is 0 Å². The highest BCUT2D eigenvalue weighted by Gasteiger charge is 2.25. The fourth-order valence-electron chi connectivity index (χ4n) is 2.76. The van der Waals surface area contributed by atoms with E-state index in [2.05, 4.69) is 11.4 Å². The lowest BCUT2D eigenvalue weighted by Crippen LogP contribution is -2.32. The minimum Gasteiger partial charge on any atom is -0.481 e. The monoisotopic (exact) mass is 275 g/mol. The first-order valence-electron chi connectivity index (χ1n) is 7.26. The topological polar surface area (TPSA) is 66.4 Å². The van der Waals surface area contributed by atoms with E-state index >= 15 is 0 Å². The molecule has 0 saturated carbocycles. The molecule has 0 fully saturated rings. The summed E-state index contributed by atoms with van der Waals surface area (Å²) in [6, 6.07) is 8.15. The Bertz CT molecular complexity index is 484. The lowest BCUT2D eigenvalue weighted by molar-refractivity contribution is -0.137. The maximum atomic E-state index is 12.2. The zero-order chi connectivity index (χ0) is 14.4. The maximum absolute atomic E-state index is 12.2. The summed E-state index contributed by atoms with van der Waals surface area (Å²) < 4.78 is 0. The third-order valence-corrected chi connectivity index (χ3v) is 3.80. The largest absolute Gasteiger partial charge is 0.481 e. The number of carboxylic acid groups (broad SMARTS) is 1. The van der Waals surface area contributed by atoms with Gasteiger partial charge in [-0.15, -0.1) is 0 Å². The van der Waals surface area contributed by atoms with Crippen LogP contribution in [0.25, 0.3) is 0 Å². The average molecular weight is 275 g/mol. The number of carbonyl (C=O) groups is 2. The van der Waals surface area contributed by atoms with Gasteiger partial charge in [-0.3, -0.25) is 9.59 Å². The molecule has 0 bridgehead atoms. The van der Waals surface area contributed by atoms with Crippen molar-refractivity contribution in [1.29, 1.82) is 0 Å². The first-order chi connectivity index (χ1) is 9.68. The van der Waals surface area contributed by atoms with Crippen LogP contribution in [-0.4, -0.2) is 23.5 Å². The van der Waals surface area contributed by atoms with Gasteiger partial charge >= 0.3 is 5.97 Å². The Kier molecular flexibility index (Phi) is 5.16. The van der Waals surface area contributed by atoms with Gasteiger partial charge in [-0.25, -0.2) is 0 Å². The molecule has 4 heteroatoms. The van der Waals surface area contributed by atoms with E-state index in [0.717, 1.165) is 24.8 Å². The standard InChI is InChI=1S/C16H21NO3/c18-15(19)10-3-4-11-17-16(20)14-9-5-7-12-6-1-2-8-13(12)14/h1-2,6,8,14H,3-5,7,9-11H2,(H,17,20)(H,18,19). The van der Waals surface area contributed by atoms with Crippen molar-refractivity contribution < 1.29 is 14.7 Å². The van der Waals surface area contributed by atoms with Gasteiger partial charge in [0.15, 0.2) is 0 Å². The molecule has 0 aromatic heterocycles. The van der Waals surface area contributed by atoms with E-state index in [1.54, 1.807) is 0 Å². The third kappa shape index (κ3) is 3.83. The third-order valence-electron chi connectivity index (χ3n) is 3.80. The fourth-order valence-corrected chi connectivity index (χ4v) is 2.76. The Labute approximate surface area is 119 Å². The van der Waals surface area contributed by atoms with Crippen LogP contribution < -0.4 is 5.32 Å². The zero-order valence-corrected chi connectivity index (χ0v) is 11.6. The Balaban J connectivity index is 1.83. The Morgan fingerprint density at radius 2 is 2.05 bits per heavy atom. The molecule has 0 saturated heterocycles. The number of hydrogen-bond acceptors (Lipinski definition) is 2. The predicted molar refractivity (Wildman–Crippen MR) is 76.6 cm³/mol. The molecule has 1 aromatic carbocycles. The van der Waals surface area contributed by atoms with Crippen LogP contribution in [0.1, 0.15) is 49.1 Å². The maximum Gasteiger partial charge on any atom is 0.303 e. The van der Waals surface area contributed by atoms with E-state index in [1.165, 1.54) is 5.56 Å². The molecule has 0 aliphatic heterocycles. The predicted octanol–water partition coefficient (Wildman–Crippen LogP) is 2.48. The van der Waals surface area contributed by atoms with Crippen molar-refractivity contribution in [3.8, 4) is 0 Å². The second-order valence-corrected chi connectivity index (χ2v) is 5.29. The number of nitrogens with one attached hydrogen (secondary N) is 1. The molecule has 1 amide bonds. The number of unbranched alkanes of at least 4 members (excludes halogenated alkanes) is 1. The van der Waals surface area contributed by atoms with Crippen LogP contribution in [0.5, 0.6) is 0 Å².